The van der Waals surface area contributed by atoms with E-state index in [0.717, 1.165) is 0 Å². The van der Waals surface area contributed by atoms with Crippen LogP contribution in [0.15, 0.2) is 0 Å². The van der Waals surface area contributed by atoms with Crippen LogP contribution in [0.5, 0.6) is 0 Å². The van der Waals surface area contributed by atoms with Gasteiger partial charge in [-0.2, -0.15) is 0 Å². The number of likely N-dealkylation sites (N-methyl/N-ethyl adjacent to an activating group) is 1. The summed E-state index contributed by atoms with van der Waals surface area (Å²) < 4.78 is 35.8. The molecular weight excluding hydrogens is 222 g/mol. The predicted molar refractivity (Wildman–Crippen MR) is 53.3 cm³/mol. The molecule has 0 aromatic carbocycles. The maximum atomic E-state index is 10.4. The predicted octanol–water partition coefficient (Wildman–Crippen LogP) is -0.583. The number of rotatable bonds is 7. The summed E-state index contributed by atoms with van der Waals surface area (Å²) in [6.45, 7) is 4.57. The number of carbonyl (C=O) groups is 1. The number of esters is 1. The molecule has 0 unspecified atom stereocenters. The first-order valence-corrected chi connectivity index (χ1v) is 6.22. The van der Waals surface area contributed by atoms with Crippen LogP contribution in [0.2, 0.25) is 0 Å². The second-order valence-electron chi connectivity index (χ2n) is 3.04. The van der Waals surface area contributed by atoms with Crippen LogP contribution in [0, 0.1) is 0 Å². The zero-order chi connectivity index (χ0) is 11.9. The molecule has 0 aromatic heterocycles. The minimum atomic E-state index is -4.17. The normalized spacial score (nSPS) is 11.7. The Labute approximate surface area is 90.0 Å². The standard InChI is InChI=1S/C8H17NO5S/c1-3-9(4-6-14-8(2)10)5-7-15(11,12)13/h3-7H2,1-2H3,(H,11,12,13)/p-1. The Hall–Kier alpha value is -0.660. The minimum absolute atomic E-state index is 0.170. The van der Waals surface area contributed by atoms with Crippen molar-refractivity contribution < 1.29 is 22.5 Å². The Bertz CT molecular complexity index is 287. The van der Waals surface area contributed by atoms with Gasteiger partial charge >= 0.3 is 5.97 Å². The highest BCUT2D eigenvalue weighted by Gasteiger charge is 2.05. The summed E-state index contributed by atoms with van der Waals surface area (Å²) in [6.07, 6.45) is 0. The highest BCUT2D eigenvalue weighted by Crippen LogP contribution is 1.91. The van der Waals surface area contributed by atoms with Crippen molar-refractivity contribution in [2.75, 3.05) is 32.0 Å². The molecule has 0 radical (unpaired) electrons. The molecule has 0 spiro atoms. The van der Waals surface area contributed by atoms with Gasteiger partial charge < -0.3 is 9.29 Å². The minimum Gasteiger partial charge on any atom is -0.748 e. The Balaban J connectivity index is 3.78. The molecule has 0 bridgehead atoms. The van der Waals surface area contributed by atoms with Crippen LogP contribution in [0.4, 0.5) is 0 Å². The van der Waals surface area contributed by atoms with E-state index in [1.165, 1.54) is 6.92 Å². The van der Waals surface area contributed by atoms with Gasteiger partial charge in [0, 0.05) is 20.0 Å². The van der Waals surface area contributed by atoms with Crippen LogP contribution in [0.3, 0.4) is 0 Å². The second kappa shape index (κ2) is 6.76. The van der Waals surface area contributed by atoms with Crippen molar-refractivity contribution in [3.8, 4) is 0 Å². The molecule has 0 rings (SSSR count). The fourth-order valence-electron chi connectivity index (χ4n) is 0.987. The number of carbonyl (C=O) groups excluding carboxylic acids is 1. The van der Waals surface area contributed by atoms with Gasteiger partial charge in [0.1, 0.15) is 6.61 Å². The van der Waals surface area contributed by atoms with E-state index in [2.05, 4.69) is 0 Å². The smallest absolute Gasteiger partial charge is 0.302 e. The molecule has 0 aliphatic rings. The van der Waals surface area contributed by atoms with Gasteiger partial charge in [-0.3, -0.25) is 9.69 Å². The van der Waals surface area contributed by atoms with E-state index in [1.807, 2.05) is 6.92 Å². The highest BCUT2D eigenvalue weighted by molar-refractivity contribution is 7.85. The highest BCUT2D eigenvalue weighted by atomic mass is 32.2. The molecule has 0 aromatic rings. The molecule has 6 nitrogen and oxygen atoms in total. The van der Waals surface area contributed by atoms with Crippen LogP contribution in [-0.2, 0) is 19.6 Å². The number of ether oxygens (including phenoxy) is 1. The van der Waals surface area contributed by atoms with Crippen LogP contribution in [-0.4, -0.2) is 55.8 Å². The summed E-state index contributed by atoms with van der Waals surface area (Å²) >= 11 is 0. The third kappa shape index (κ3) is 9.64. The van der Waals surface area contributed by atoms with Gasteiger partial charge in [-0.1, -0.05) is 6.92 Å². The molecule has 0 atom stereocenters. The van der Waals surface area contributed by atoms with E-state index >= 15 is 0 Å². The summed E-state index contributed by atoms with van der Waals surface area (Å²) in [4.78, 5) is 12.2. The molecule has 0 amide bonds. The zero-order valence-corrected chi connectivity index (χ0v) is 9.75. The fraction of sp³-hybridized carbons (Fsp3) is 0.875. The Morgan fingerprint density at radius 3 is 2.40 bits per heavy atom. The fourth-order valence-corrected chi connectivity index (χ4v) is 1.47. The lowest BCUT2D eigenvalue weighted by Crippen LogP contribution is -2.32. The summed E-state index contributed by atoms with van der Waals surface area (Å²) in [5.74, 6) is -0.788. The third-order valence-corrected chi connectivity index (χ3v) is 2.50. The van der Waals surface area contributed by atoms with E-state index in [9.17, 15) is 17.8 Å². The van der Waals surface area contributed by atoms with Crippen LogP contribution >= 0.6 is 0 Å². The molecule has 0 heterocycles. The molecule has 0 fully saturated rings. The Kier molecular flexibility index (Phi) is 6.46. The molecule has 0 aliphatic carbocycles. The molecule has 90 valence electrons. The van der Waals surface area contributed by atoms with Gasteiger partial charge in [0.2, 0.25) is 0 Å². The molecule has 0 N–H and O–H groups in total. The lowest BCUT2D eigenvalue weighted by Gasteiger charge is -2.20. The summed E-state index contributed by atoms with van der Waals surface area (Å²) in [6, 6.07) is 0. The monoisotopic (exact) mass is 238 g/mol. The summed E-state index contributed by atoms with van der Waals surface area (Å²) in [7, 11) is -4.17. The van der Waals surface area contributed by atoms with E-state index < -0.39 is 15.9 Å². The van der Waals surface area contributed by atoms with E-state index in [0.29, 0.717) is 13.1 Å². The topological polar surface area (TPSA) is 86.7 Å². The largest absolute Gasteiger partial charge is 0.748 e. The first-order chi connectivity index (χ1) is 6.85. The van der Waals surface area contributed by atoms with Crippen molar-refractivity contribution >= 4 is 16.1 Å². The van der Waals surface area contributed by atoms with Crippen LogP contribution in [0.1, 0.15) is 13.8 Å². The lowest BCUT2D eigenvalue weighted by molar-refractivity contribution is -0.141. The van der Waals surface area contributed by atoms with E-state index in [-0.39, 0.29) is 19.1 Å². The number of hydrogen-bond acceptors (Lipinski definition) is 6. The first-order valence-electron chi connectivity index (χ1n) is 4.64. The number of nitrogens with zero attached hydrogens (tertiary/aromatic N) is 1. The van der Waals surface area contributed by atoms with Gasteiger partial charge in [0.15, 0.2) is 0 Å². The quantitative estimate of drug-likeness (QED) is 0.435. The molecule has 15 heavy (non-hydrogen) atoms. The summed E-state index contributed by atoms with van der Waals surface area (Å²) in [5.41, 5.74) is 0. The molecular formula is C8H16NO5S-. The van der Waals surface area contributed by atoms with Crippen molar-refractivity contribution in [1.29, 1.82) is 0 Å². The van der Waals surface area contributed by atoms with Crippen molar-refractivity contribution in [3.05, 3.63) is 0 Å². The maximum Gasteiger partial charge on any atom is 0.302 e. The van der Waals surface area contributed by atoms with Gasteiger partial charge in [-0.05, 0) is 6.54 Å². The zero-order valence-electron chi connectivity index (χ0n) is 8.93. The summed E-state index contributed by atoms with van der Waals surface area (Å²) in [5, 5.41) is 0. The van der Waals surface area contributed by atoms with Gasteiger partial charge in [0.05, 0.1) is 15.9 Å². The molecule has 7 heteroatoms. The van der Waals surface area contributed by atoms with Crippen LogP contribution < -0.4 is 0 Å². The van der Waals surface area contributed by atoms with Crippen molar-refractivity contribution in [3.63, 3.8) is 0 Å². The van der Waals surface area contributed by atoms with E-state index in [1.54, 1.807) is 4.90 Å². The van der Waals surface area contributed by atoms with E-state index in [4.69, 9.17) is 4.74 Å². The van der Waals surface area contributed by atoms with Crippen molar-refractivity contribution in [2.45, 2.75) is 13.8 Å². The lowest BCUT2D eigenvalue weighted by atomic mass is 10.5. The van der Waals surface area contributed by atoms with Gasteiger partial charge in [-0.25, -0.2) is 8.42 Å². The van der Waals surface area contributed by atoms with Crippen LogP contribution in [0.25, 0.3) is 0 Å². The maximum absolute atomic E-state index is 10.4. The average molecular weight is 238 g/mol. The SMILES string of the molecule is CCN(CCOC(C)=O)CCS(=O)(=O)[O-]. The van der Waals surface area contributed by atoms with Crippen molar-refractivity contribution in [1.82, 2.24) is 4.90 Å². The average Bonchev–Trinajstić information content (AvgIpc) is 2.08. The third-order valence-electron chi connectivity index (χ3n) is 1.82. The number of hydrogen-bond donors (Lipinski definition) is 0. The molecule has 0 saturated carbocycles. The van der Waals surface area contributed by atoms with Crippen molar-refractivity contribution in [2.24, 2.45) is 0 Å². The molecule has 0 saturated heterocycles. The Morgan fingerprint density at radius 2 is 2.00 bits per heavy atom. The van der Waals surface area contributed by atoms with Gasteiger partial charge in [-0.15, -0.1) is 0 Å². The molecule has 0 aliphatic heterocycles. The second-order valence-corrected chi connectivity index (χ2v) is 4.56. The first kappa shape index (κ1) is 14.3. The van der Waals surface area contributed by atoms with Gasteiger partial charge in [0.25, 0.3) is 0 Å². The Morgan fingerprint density at radius 1 is 1.40 bits per heavy atom.